The van der Waals surface area contributed by atoms with Crippen molar-refractivity contribution in [3.63, 3.8) is 0 Å². The van der Waals surface area contributed by atoms with E-state index in [9.17, 15) is 4.79 Å². The topological polar surface area (TPSA) is 45.5 Å². The number of nitrogens with zero attached hydrogens (tertiary/aromatic N) is 1. The van der Waals surface area contributed by atoms with Gasteiger partial charge in [-0.15, -0.1) is 0 Å². The van der Waals surface area contributed by atoms with Crippen LogP contribution < -0.4 is 5.32 Å². The van der Waals surface area contributed by atoms with Crippen LogP contribution in [0.1, 0.15) is 31.3 Å². The van der Waals surface area contributed by atoms with Gasteiger partial charge >= 0.3 is 0 Å². The molecule has 4 heteroatoms. The second-order valence-corrected chi connectivity index (χ2v) is 4.61. The Kier molecular flexibility index (Phi) is 3.84. The van der Waals surface area contributed by atoms with E-state index in [1.54, 1.807) is 4.90 Å². The van der Waals surface area contributed by atoms with Gasteiger partial charge in [0.1, 0.15) is 11.5 Å². The maximum absolute atomic E-state index is 11.3. The second kappa shape index (κ2) is 5.36. The summed E-state index contributed by atoms with van der Waals surface area (Å²) in [5, 5.41) is 3.44. The Labute approximate surface area is 102 Å². The first-order valence-corrected chi connectivity index (χ1v) is 6.24. The molecular weight excluding hydrogens is 216 g/mol. The van der Waals surface area contributed by atoms with Crippen molar-refractivity contribution in [2.75, 3.05) is 13.6 Å². The number of nitrogens with one attached hydrogen (secondary N) is 1. The van der Waals surface area contributed by atoms with Gasteiger partial charge in [-0.25, -0.2) is 0 Å². The summed E-state index contributed by atoms with van der Waals surface area (Å²) in [6.07, 6.45) is 2.50. The molecule has 1 atom stereocenters. The van der Waals surface area contributed by atoms with Crippen LogP contribution in [0.25, 0.3) is 0 Å². The molecule has 1 saturated heterocycles. The lowest BCUT2D eigenvalue weighted by Crippen LogP contribution is -2.46. The molecule has 0 bridgehead atoms. The highest BCUT2D eigenvalue weighted by Crippen LogP contribution is 2.12. The fourth-order valence-electron chi connectivity index (χ4n) is 2.13. The zero-order valence-electron chi connectivity index (χ0n) is 10.5. The molecule has 1 aliphatic heterocycles. The number of furan rings is 1. The molecule has 94 valence electrons. The minimum Gasteiger partial charge on any atom is -0.465 e. The smallest absolute Gasteiger partial charge is 0.222 e. The molecular formula is C13H20N2O2. The Morgan fingerprint density at radius 1 is 1.47 bits per heavy atom. The molecule has 0 radical (unpaired) electrons. The number of likely N-dealkylation sites (tertiary alicyclic amines) is 1. The van der Waals surface area contributed by atoms with Crippen molar-refractivity contribution in [3.05, 3.63) is 23.7 Å². The van der Waals surface area contributed by atoms with E-state index in [0.717, 1.165) is 37.5 Å². The Morgan fingerprint density at radius 3 is 2.88 bits per heavy atom. The number of amides is 1. The summed E-state index contributed by atoms with van der Waals surface area (Å²) >= 11 is 0. The molecule has 1 aromatic rings. The van der Waals surface area contributed by atoms with Crippen molar-refractivity contribution in [1.82, 2.24) is 10.2 Å². The monoisotopic (exact) mass is 236 g/mol. The van der Waals surface area contributed by atoms with Gasteiger partial charge < -0.3 is 14.6 Å². The number of hydrogen-bond donors (Lipinski definition) is 1. The average Bonchev–Trinajstić information content (AvgIpc) is 2.79. The van der Waals surface area contributed by atoms with Crippen LogP contribution in [0.3, 0.4) is 0 Å². The van der Waals surface area contributed by atoms with E-state index in [1.807, 2.05) is 19.2 Å². The summed E-state index contributed by atoms with van der Waals surface area (Å²) in [7, 11) is 1.86. The maximum atomic E-state index is 11.3. The number of piperidine rings is 1. The van der Waals surface area contributed by atoms with E-state index in [4.69, 9.17) is 4.42 Å². The number of aryl methyl sites for hydroxylation is 1. The highest BCUT2D eigenvalue weighted by atomic mass is 16.3. The number of carbonyl (C=O) groups excluding carboxylic acids is 1. The minimum absolute atomic E-state index is 0.245. The number of carbonyl (C=O) groups is 1. The van der Waals surface area contributed by atoms with Crippen LogP contribution in [0.5, 0.6) is 0 Å². The van der Waals surface area contributed by atoms with Gasteiger partial charge in [-0.2, -0.15) is 0 Å². The van der Waals surface area contributed by atoms with Crippen molar-refractivity contribution in [2.45, 2.75) is 38.8 Å². The predicted octanol–water partition coefficient (Wildman–Crippen LogP) is 1.55. The van der Waals surface area contributed by atoms with Gasteiger partial charge in [0, 0.05) is 32.5 Å². The molecule has 2 heterocycles. The lowest BCUT2D eigenvalue weighted by Gasteiger charge is -2.30. The Morgan fingerprint density at radius 2 is 2.24 bits per heavy atom. The van der Waals surface area contributed by atoms with Gasteiger partial charge in [-0.05, 0) is 18.6 Å². The average molecular weight is 236 g/mol. The molecule has 17 heavy (non-hydrogen) atoms. The number of rotatable bonds is 4. The van der Waals surface area contributed by atoms with Crippen molar-refractivity contribution < 1.29 is 9.21 Å². The van der Waals surface area contributed by atoms with Crippen molar-refractivity contribution in [2.24, 2.45) is 0 Å². The molecule has 0 aromatic carbocycles. The van der Waals surface area contributed by atoms with Crippen LogP contribution in [0, 0.1) is 0 Å². The van der Waals surface area contributed by atoms with E-state index < -0.39 is 0 Å². The Hall–Kier alpha value is -1.29. The van der Waals surface area contributed by atoms with E-state index >= 15 is 0 Å². The molecule has 1 N–H and O–H groups in total. The minimum atomic E-state index is 0.245. The summed E-state index contributed by atoms with van der Waals surface area (Å²) in [4.78, 5) is 13.1. The maximum Gasteiger partial charge on any atom is 0.222 e. The zero-order chi connectivity index (χ0) is 12.3. The molecule has 0 aliphatic carbocycles. The fraction of sp³-hybridized carbons (Fsp3) is 0.615. The lowest BCUT2D eigenvalue weighted by atomic mass is 10.1. The van der Waals surface area contributed by atoms with E-state index in [-0.39, 0.29) is 5.91 Å². The Balaban J connectivity index is 1.80. The first-order chi connectivity index (χ1) is 8.19. The largest absolute Gasteiger partial charge is 0.465 e. The van der Waals surface area contributed by atoms with E-state index in [2.05, 4.69) is 12.2 Å². The predicted molar refractivity (Wildman–Crippen MR) is 65.6 cm³/mol. The SMILES string of the molecule is CCc1ccc(CNC2CCC(=O)N(C)C2)o1. The third-order valence-electron chi connectivity index (χ3n) is 3.26. The number of likely N-dealkylation sites (N-methyl/N-ethyl adjacent to an activating group) is 1. The fourth-order valence-corrected chi connectivity index (χ4v) is 2.13. The molecule has 1 amide bonds. The van der Waals surface area contributed by atoms with Crippen LogP contribution >= 0.6 is 0 Å². The standard InChI is InChI=1S/C13H20N2O2/c1-3-11-5-6-12(17-11)8-14-10-4-7-13(16)15(2)9-10/h5-6,10,14H,3-4,7-9H2,1-2H3. The Bertz CT molecular complexity index is 387. The van der Waals surface area contributed by atoms with Gasteiger partial charge in [-0.3, -0.25) is 4.79 Å². The summed E-state index contributed by atoms with van der Waals surface area (Å²) in [5.41, 5.74) is 0. The molecule has 1 unspecified atom stereocenters. The highest BCUT2D eigenvalue weighted by Gasteiger charge is 2.22. The number of hydrogen-bond acceptors (Lipinski definition) is 3. The van der Waals surface area contributed by atoms with Crippen LogP contribution in [-0.2, 0) is 17.8 Å². The van der Waals surface area contributed by atoms with Crippen LogP contribution in [0.2, 0.25) is 0 Å². The first-order valence-electron chi connectivity index (χ1n) is 6.24. The summed E-state index contributed by atoms with van der Waals surface area (Å²) in [6, 6.07) is 4.42. The van der Waals surface area contributed by atoms with E-state index in [0.29, 0.717) is 12.5 Å². The lowest BCUT2D eigenvalue weighted by molar-refractivity contribution is -0.132. The van der Waals surface area contributed by atoms with Gasteiger partial charge in [0.15, 0.2) is 0 Å². The summed E-state index contributed by atoms with van der Waals surface area (Å²) in [5.74, 6) is 2.24. The van der Waals surface area contributed by atoms with Gasteiger partial charge in [0.2, 0.25) is 5.91 Å². The molecule has 1 aliphatic rings. The van der Waals surface area contributed by atoms with Crippen molar-refractivity contribution in [1.29, 1.82) is 0 Å². The van der Waals surface area contributed by atoms with Crippen LogP contribution in [0.4, 0.5) is 0 Å². The van der Waals surface area contributed by atoms with E-state index in [1.165, 1.54) is 0 Å². The van der Waals surface area contributed by atoms with Crippen molar-refractivity contribution >= 4 is 5.91 Å². The molecule has 4 nitrogen and oxygen atoms in total. The molecule has 1 fully saturated rings. The van der Waals surface area contributed by atoms with Gasteiger partial charge in [0.25, 0.3) is 0 Å². The molecule has 0 spiro atoms. The molecule has 1 aromatic heterocycles. The first kappa shape index (κ1) is 12.2. The highest BCUT2D eigenvalue weighted by molar-refractivity contribution is 5.76. The van der Waals surface area contributed by atoms with Gasteiger partial charge in [-0.1, -0.05) is 6.92 Å². The van der Waals surface area contributed by atoms with Crippen LogP contribution in [0.15, 0.2) is 16.5 Å². The summed E-state index contributed by atoms with van der Waals surface area (Å²) < 4.78 is 5.63. The summed E-state index contributed by atoms with van der Waals surface area (Å²) in [6.45, 7) is 3.62. The third-order valence-corrected chi connectivity index (χ3v) is 3.26. The normalized spacial score (nSPS) is 20.9. The van der Waals surface area contributed by atoms with Crippen molar-refractivity contribution in [3.8, 4) is 0 Å². The zero-order valence-corrected chi connectivity index (χ0v) is 10.5. The molecule has 0 saturated carbocycles. The quantitative estimate of drug-likeness (QED) is 0.862. The second-order valence-electron chi connectivity index (χ2n) is 4.61. The van der Waals surface area contributed by atoms with Crippen LogP contribution in [-0.4, -0.2) is 30.4 Å². The molecule has 2 rings (SSSR count). The third kappa shape index (κ3) is 3.09. The van der Waals surface area contributed by atoms with Gasteiger partial charge in [0.05, 0.1) is 6.54 Å².